The molecule has 1 atom stereocenters. The van der Waals surface area contributed by atoms with Gasteiger partial charge in [-0.1, -0.05) is 48.0 Å². The van der Waals surface area contributed by atoms with Crippen LogP contribution in [0.25, 0.3) is 10.9 Å². The van der Waals surface area contributed by atoms with E-state index in [2.05, 4.69) is 34.6 Å². The van der Waals surface area contributed by atoms with Crippen LogP contribution in [0.2, 0.25) is 0 Å². The Morgan fingerprint density at radius 2 is 1.84 bits per heavy atom. The summed E-state index contributed by atoms with van der Waals surface area (Å²) in [5.74, 6) is 0.135. The molecule has 1 saturated carbocycles. The van der Waals surface area contributed by atoms with Gasteiger partial charge < -0.3 is 10.3 Å². The second-order valence-electron chi connectivity index (χ2n) is 6.80. The summed E-state index contributed by atoms with van der Waals surface area (Å²) in [6, 6.07) is 17.3. The number of rotatable bonds is 4. The van der Waals surface area contributed by atoms with Crippen molar-refractivity contribution < 1.29 is 4.79 Å². The molecule has 1 aromatic heterocycles. The first-order chi connectivity index (χ1) is 12.1. The Kier molecular flexibility index (Phi) is 3.88. The zero-order valence-electron chi connectivity index (χ0n) is 14.1. The van der Waals surface area contributed by atoms with E-state index in [-0.39, 0.29) is 23.1 Å². The van der Waals surface area contributed by atoms with Crippen molar-refractivity contribution in [3.05, 3.63) is 81.6 Å². The summed E-state index contributed by atoms with van der Waals surface area (Å²) in [5, 5.41) is 3.93. The third-order valence-electron chi connectivity index (χ3n) is 4.81. The topological polar surface area (TPSA) is 62.0 Å². The number of H-pyrrole nitrogens is 1. The molecule has 0 spiro atoms. The molecule has 1 heterocycles. The maximum Gasteiger partial charge on any atom is 0.261 e. The molecule has 1 unspecified atom stereocenters. The highest BCUT2D eigenvalue weighted by atomic mass is 16.2. The number of fused-ring (bicyclic) bond motifs is 1. The lowest BCUT2D eigenvalue weighted by atomic mass is 10.0. The predicted molar refractivity (Wildman–Crippen MR) is 98.7 cm³/mol. The van der Waals surface area contributed by atoms with E-state index in [4.69, 9.17) is 0 Å². The van der Waals surface area contributed by atoms with Crippen molar-refractivity contribution >= 4 is 16.8 Å². The maximum absolute atomic E-state index is 12.8. The number of hydrogen-bond acceptors (Lipinski definition) is 2. The third-order valence-corrected chi connectivity index (χ3v) is 4.81. The highest BCUT2D eigenvalue weighted by Crippen LogP contribution is 2.41. The van der Waals surface area contributed by atoms with Gasteiger partial charge in [-0.15, -0.1) is 0 Å². The molecule has 25 heavy (non-hydrogen) atoms. The molecule has 1 aliphatic rings. The van der Waals surface area contributed by atoms with Crippen molar-refractivity contribution in [2.45, 2.75) is 25.8 Å². The average molecular weight is 332 g/mol. The third kappa shape index (κ3) is 3.20. The molecule has 126 valence electrons. The lowest BCUT2D eigenvalue weighted by Gasteiger charge is -2.19. The number of nitrogens with one attached hydrogen (secondary N) is 2. The minimum atomic E-state index is -0.352. The second kappa shape index (κ2) is 6.20. The van der Waals surface area contributed by atoms with Crippen molar-refractivity contribution in [2.75, 3.05) is 0 Å². The number of aryl methyl sites for hydroxylation is 1. The number of carbonyl (C=O) groups is 1. The molecule has 0 radical (unpaired) electrons. The predicted octanol–water partition coefficient (Wildman–Crippen LogP) is 3.72. The van der Waals surface area contributed by atoms with E-state index in [9.17, 15) is 9.59 Å². The Hall–Kier alpha value is -2.88. The largest absolute Gasteiger partial charge is 0.345 e. The molecule has 3 aromatic rings. The fourth-order valence-corrected chi connectivity index (χ4v) is 3.21. The average Bonchev–Trinajstić information content (AvgIpc) is 3.45. The minimum absolute atomic E-state index is 0.0426. The Balaban J connectivity index is 1.65. The molecule has 1 fully saturated rings. The number of pyridine rings is 1. The van der Waals surface area contributed by atoms with Crippen LogP contribution in [0.4, 0.5) is 0 Å². The van der Waals surface area contributed by atoms with Crippen LogP contribution in [-0.2, 0) is 0 Å². The van der Waals surface area contributed by atoms with Gasteiger partial charge in [0.25, 0.3) is 11.5 Å². The number of benzene rings is 2. The van der Waals surface area contributed by atoms with Gasteiger partial charge in [0, 0.05) is 5.52 Å². The first-order valence-corrected chi connectivity index (χ1v) is 8.61. The Morgan fingerprint density at radius 1 is 1.12 bits per heavy atom. The standard InChI is InChI=1S/C21H20N2O2/c1-13-6-8-14(9-7-13)19(15-10-11-15)23-21(25)17-12-16-4-2-3-5-18(16)22-20(17)24/h2-9,12,15,19H,10-11H2,1H3,(H,22,24)(H,23,25). The first-order valence-electron chi connectivity index (χ1n) is 8.61. The second-order valence-corrected chi connectivity index (χ2v) is 6.80. The van der Waals surface area contributed by atoms with Crippen LogP contribution < -0.4 is 10.9 Å². The Morgan fingerprint density at radius 3 is 2.56 bits per heavy atom. The minimum Gasteiger partial charge on any atom is -0.345 e. The summed E-state index contributed by atoms with van der Waals surface area (Å²) in [4.78, 5) is 27.9. The van der Waals surface area contributed by atoms with E-state index in [1.165, 1.54) is 5.56 Å². The SMILES string of the molecule is Cc1ccc(C(NC(=O)c2cc3ccccc3[nH]c2=O)C2CC2)cc1. The van der Waals surface area contributed by atoms with Gasteiger partial charge in [-0.25, -0.2) is 0 Å². The molecule has 4 nitrogen and oxygen atoms in total. The number of para-hydroxylation sites is 1. The van der Waals surface area contributed by atoms with Crippen molar-refractivity contribution in [3.8, 4) is 0 Å². The normalized spacial score (nSPS) is 15.1. The zero-order chi connectivity index (χ0) is 17.4. The van der Waals surface area contributed by atoms with E-state index >= 15 is 0 Å². The van der Waals surface area contributed by atoms with Crippen LogP contribution in [0.15, 0.2) is 59.4 Å². The van der Waals surface area contributed by atoms with E-state index < -0.39 is 0 Å². The van der Waals surface area contributed by atoms with E-state index in [0.29, 0.717) is 5.92 Å². The van der Waals surface area contributed by atoms with Gasteiger partial charge in [0.15, 0.2) is 0 Å². The van der Waals surface area contributed by atoms with Crippen LogP contribution in [0.5, 0.6) is 0 Å². The molecule has 4 heteroatoms. The summed E-state index contributed by atoms with van der Waals surface area (Å²) in [6.07, 6.45) is 2.21. The van der Waals surface area contributed by atoms with Gasteiger partial charge in [0.05, 0.1) is 6.04 Å². The number of carbonyl (C=O) groups excluding carboxylic acids is 1. The van der Waals surface area contributed by atoms with E-state index in [1.807, 2.05) is 31.2 Å². The molecule has 1 amide bonds. The van der Waals surface area contributed by atoms with Crippen LogP contribution in [0, 0.1) is 12.8 Å². The molecule has 0 bridgehead atoms. The molecular weight excluding hydrogens is 312 g/mol. The summed E-state index contributed by atoms with van der Waals surface area (Å²) < 4.78 is 0. The van der Waals surface area contributed by atoms with Crippen molar-refractivity contribution in [2.24, 2.45) is 5.92 Å². The number of hydrogen-bond donors (Lipinski definition) is 2. The van der Waals surface area contributed by atoms with Crippen molar-refractivity contribution in [3.63, 3.8) is 0 Å². The number of aromatic nitrogens is 1. The quantitative estimate of drug-likeness (QED) is 0.765. The van der Waals surface area contributed by atoms with Crippen LogP contribution in [-0.4, -0.2) is 10.9 Å². The van der Waals surface area contributed by atoms with E-state index in [0.717, 1.165) is 29.3 Å². The van der Waals surface area contributed by atoms with Gasteiger partial charge in [0.1, 0.15) is 5.56 Å². The summed E-state index contributed by atoms with van der Waals surface area (Å²) in [5.41, 5.74) is 2.83. The lowest BCUT2D eigenvalue weighted by Crippen LogP contribution is -2.33. The first kappa shape index (κ1) is 15.6. The van der Waals surface area contributed by atoms with Crippen LogP contribution in [0.3, 0.4) is 0 Å². The number of aromatic amines is 1. The summed E-state index contributed by atoms with van der Waals surface area (Å²) in [6.45, 7) is 2.04. The molecule has 0 saturated heterocycles. The van der Waals surface area contributed by atoms with Gasteiger partial charge in [-0.2, -0.15) is 0 Å². The van der Waals surface area contributed by atoms with Gasteiger partial charge in [0.2, 0.25) is 0 Å². The fourth-order valence-electron chi connectivity index (χ4n) is 3.21. The Labute approximate surface area is 145 Å². The van der Waals surface area contributed by atoms with Crippen molar-refractivity contribution in [1.29, 1.82) is 0 Å². The molecule has 2 aromatic carbocycles. The number of amides is 1. The molecule has 0 aliphatic heterocycles. The highest BCUT2D eigenvalue weighted by Gasteiger charge is 2.33. The van der Waals surface area contributed by atoms with E-state index in [1.54, 1.807) is 6.07 Å². The summed E-state index contributed by atoms with van der Waals surface area (Å²) >= 11 is 0. The molecule has 1 aliphatic carbocycles. The van der Waals surface area contributed by atoms with Gasteiger partial charge in [-0.3, -0.25) is 9.59 Å². The van der Waals surface area contributed by atoms with Gasteiger partial charge >= 0.3 is 0 Å². The maximum atomic E-state index is 12.8. The fraction of sp³-hybridized carbons (Fsp3) is 0.238. The Bertz CT molecular complexity index is 985. The molecular formula is C21H20N2O2. The molecule has 2 N–H and O–H groups in total. The van der Waals surface area contributed by atoms with Crippen LogP contribution >= 0.6 is 0 Å². The lowest BCUT2D eigenvalue weighted by molar-refractivity contribution is 0.0930. The highest BCUT2D eigenvalue weighted by molar-refractivity contribution is 5.97. The van der Waals surface area contributed by atoms with Crippen molar-refractivity contribution in [1.82, 2.24) is 10.3 Å². The zero-order valence-corrected chi connectivity index (χ0v) is 14.1. The van der Waals surface area contributed by atoms with Gasteiger partial charge in [-0.05, 0) is 48.8 Å². The summed E-state index contributed by atoms with van der Waals surface area (Å²) in [7, 11) is 0. The smallest absolute Gasteiger partial charge is 0.261 e. The van der Waals surface area contributed by atoms with Crippen LogP contribution in [0.1, 0.15) is 40.4 Å². The molecule has 4 rings (SSSR count). The monoisotopic (exact) mass is 332 g/mol.